The third kappa shape index (κ3) is 5.29. The highest BCUT2D eigenvalue weighted by Crippen LogP contribution is 2.24. The van der Waals surface area contributed by atoms with Gasteiger partial charge in [-0.1, -0.05) is 38.5 Å². The molecule has 1 aromatic carbocycles. The zero-order chi connectivity index (χ0) is 14.3. The Morgan fingerprint density at radius 3 is 2.58 bits per heavy atom. The maximum Gasteiger partial charge on any atom is 0.127 e. The van der Waals surface area contributed by atoms with Crippen LogP contribution in [0, 0.1) is 11.2 Å². The van der Waals surface area contributed by atoms with Crippen LogP contribution < -0.4 is 5.32 Å². The molecule has 0 aromatic heterocycles. The number of benzene rings is 1. The molecular formula is C16H27FN2. The second-order valence-electron chi connectivity index (χ2n) is 5.85. The average molecular weight is 266 g/mol. The zero-order valence-electron chi connectivity index (χ0n) is 12.7. The minimum atomic E-state index is -0.111. The highest BCUT2D eigenvalue weighted by Gasteiger charge is 2.24. The van der Waals surface area contributed by atoms with Gasteiger partial charge in [0.25, 0.3) is 0 Å². The summed E-state index contributed by atoms with van der Waals surface area (Å²) in [5.74, 6) is -0.111. The summed E-state index contributed by atoms with van der Waals surface area (Å²) < 4.78 is 13.6. The third-order valence-corrected chi connectivity index (χ3v) is 3.51. The maximum atomic E-state index is 13.6. The van der Waals surface area contributed by atoms with Gasteiger partial charge in [-0.25, -0.2) is 4.39 Å². The van der Waals surface area contributed by atoms with Crippen molar-refractivity contribution in [3.05, 3.63) is 35.6 Å². The maximum absolute atomic E-state index is 13.6. The summed E-state index contributed by atoms with van der Waals surface area (Å²) in [5.41, 5.74) is 1.01. The summed E-state index contributed by atoms with van der Waals surface area (Å²) in [4.78, 5) is 2.21. The van der Waals surface area contributed by atoms with E-state index in [2.05, 4.69) is 31.1 Å². The van der Waals surface area contributed by atoms with Gasteiger partial charge in [0.05, 0.1) is 0 Å². The molecular weight excluding hydrogens is 239 g/mol. The minimum Gasteiger partial charge on any atom is -0.319 e. The molecule has 0 saturated carbocycles. The lowest BCUT2D eigenvalue weighted by Gasteiger charge is -2.33. The van der Waals surface area contributed by atoms with Gasteiger partial charge in [0.2, 0.25) is 0 Å². The van der Waals surface area contributed by atoms with Crippen LogP contribution in [0.2, 0.25) is 0 Å². The van der Waals surface area contributed by atoms with Crippen molar-refractivity contribution in [2.75, 3.05) is 27.2 Å². The molecule has 0 spiro atoms. The fraction of sp³-hybridized carbons (Fsp3) is 0.625. The van der Waals surface area contributed by atoms with Gasteiger partial charge in [0, 0.05) is 25.2 Å². The van der Waals surface area contributed by atoms with Crippen molar-refractivity contribution in [1.29, 1.82) is 0 Å². The average Bonchev–Trinajstić information content (AvgIpc) is 2.32. The first-order valence-corrected chi connectivity index (χ1v) is 7.07. The van der Waals surface area contributed by atoms with E-state index in [1.807, 2.05) is 19.2 Å². The summed E-state index contributed by atoms with van der Waals surface area (Å²) in [5, 5.41) is 3.27. The molecule has 0 aliphatic heterocycles. The molecule has 0 saturated heterocycles. The molecule has 0 aliphatic rings. The lowest BCUT2D eigenvalue weighted by atomic mass is 9.85. The monoisotopic (exact) mass is 266 g/mol. The van der Waals surface area contributed by atoms with Crippen molar-refractivity contribution < 1.29 is 4.39 Å². The number of halogens is 1. The molecule has 0 bridgehead atoms. The van der Waals surface area contributed by atoms with Crippen LogP contribution in [0.25, 0.3) is 0 Å². The Hall–Kier alpha value is -0.930. The number of hydrogen-bond donors (Lipinski definition) is 1. The lowest BCUT2D eigenvalue weighted by Crippen LogP contribution is -2.40. The Morgan fingerprint density at radius 1 is 1.32 bits per heavy atom. The van der Waals surface area contributed by atoms with Crippen LogP contribution in [0.4, 0.5) is 4.39 Å². The lowest BCUT2D eigenvalue weighted by molar-refractivity contribution is 0.170. The fourth-order valence-electron chi connectivity index (χ4n) is 2.88. The van der Waals surface area contributed by atoms with Gasteiger partial charge in [-0.15, -0.1) is 0 Å². The van der Waals surface area contributed by atoms with E-state index in [-0.39, 0.29) is 11.2 Å². The van der Waals surface area contributed by atoms with E-state index >= 15 is 0 Å². The first-order valence-electron chi connectivity index (χ1n) is 7.07. The summed E-state index contributed by atoms with van der Waals surface area (Å²) in [6.45, 7) is 7.13. The molecule has 0 amide bonds. The van der Waals surface area contributed by atoms with Crippen LogP contribution >= 0.6 is 0 Å². The van der Waals surface area contributed by atoms with E-state index in [1.165, 1.54) is 18.9 Å². The van der Waals surface area contributed by atoms with Gasteiger partial charge >= 0.3 is 0 Å². The van der Waals surface area contributed by atoms with E-state index in [4.69, 9.17) is 0 Å². The molecule has 1 N–H and O–H groups in total. The van der Waals surface area contributed by atoms with Gasteiger partial charge in [-0.2, -0.15) is 0 Å². The van der Waals surface area contributed by atoms with E-state index < -0.39 is 0 Å². The quantitative estimate of drug-likeness (QED) is 0.777. The highest BCUT2D eigenvalue weighted by atomic mass is 19.1. The number of nitrogens with one attached hydrogen (secondary N) is 1. The van der Waals surface area contributed by atoms with Crippen LogP contribution in [-0.4, -0.2) is 32.1 Å². The van der Waals surface area contributed by atoms with E-state index in [9.17, 15) is 4.39 Å². The number of nitrogens with zero attached hydrogens (tertiary/aromatic N) is 1. The molecule has 108 valence electrons. The van der Waals surface area contributed by atoms with Crippen LogP contribution in [0.5, 0.6) is 0 Å². The Morgan fingerprint density at radius 2 is 2.00 bits per heavy atom. The molecule has 1 rings (SSSR count). The van der Waals surface area contributed by atoms with Gasteiger partial charge < -0.3 is 10.2 Å². The van der Waals surface area contributed by atoms with Crippen LogP contribution in [-0.2, 0) is 6.54 Å². The van der Waals surface area contributed by atoms with E-state index in [1.54, 1.807) is 6.07 Å². The Bertz CT molecular complexity index is 373. The van der Waals surface area contributed by atoms with Gasteiger partial charge in [-0.05, 0) is 32.0 Å². The van der Waals surface area contributed by atoms with Crippen molar-refractivity contribution in [2.24, 2.45) is 5.41 Å². The smallest absolute Gasteiger partial charge is 0.127 e. The number of rotatable bonds is 8. The molecule has 1 aromatic rings. The molecule has 0 heterocycles. The SMILES string of the molecule is CCCC(C)(CNC)CN(C)Cc1ccccc1F. The van der Waals surface area contributed by atoms with Crippen LogP contribution in [0.3, 0.4) is 0 Å². The second-order valence-corrected chi connectivity index (χ2v) is 5.85. The summed E-state index contributed by atoms with van der Waals surface area (Å²) >= 11 is 0. The van der Waals surface area contributed by atoms with E-state index in [0.29, 0.717) is 6.54 Å². The second kappa shape index (κ2) is 7.61. The molecule has 0 radical (unpaired) electrons. The largest absolute Gasteiger partial charge is 0.319 e. The molecule has 1 unspecified atom stereocenters. The first kappa shape index (κ1) is 16.1. The molecule has 2 nitrogen and oxygen atoms in total. The molecule has 19 heavy (non-hydrogen) atoms. The standard InChI is InChI=1S/C16H27FN2/c1-5-10-16(2,12-18-3)13-19(4)11-14-8-6-7-9-15(14)17/h6-9,18H,5,10-13H2,1-4H3. The van der Waals surface area contributed by atoms with Crippen LogP contribution in [0.15, 0.2) is 24.3 Å². The van der Waals surface area contributed by atoms with Crippen LogP contribution in [0.1, 0.15) is 32.3 Å². The minimum absolute atomic E-state index is 0.111. The topological polar surface area (TPSA) is 15.3 Å². The predicted molar refractivity (Wildman–Crippen MR) is 79.7 cm³/mol. The normalized spacial score (nSPS) is 14.6. The fourth-order valence-corrected chi connectivity index (χ4v) is 2.88. The predicted octanol–water partition coefficient (Wildman–Crippen LogP) is 3.28. The molecule has 1 atom stereocenters. The number of hydrogen-bond acceptors (Lipinski definition) is 2. The Balaban J connectivity index is 2.62. The zero-order valence-corrected chi connectivity index (χ0v) is 12.7. The molecule has 3 heteroatoms. The van der Waals surface area contributed by atoms with Gasteiger partial charge in [0.1, 0.15) is 5.82 Å². The van der Waals surface area contributed by atoms with Crippen molar-refractivity contribution in [3.8, 4) is 0 Å². The van der Waals surface area contributed by atoms with Gasteiger partial charge in [-0.3, -0.25) is 0 Å². The summed E-state index contributed by atoms with van der Waals surface area (Å²) in [6, 6.07) is 7.02. The van der Waals surface area contributed by atoms with Gasteiger partial charge in [0.15, 0.2) is 0 Å². The Kier molecular flexibility index (Phi) is 6.46. The summed E-state index contributed by atoms with van der Waals surface area (Å²) in [6.07, 6.45) is 2.35. The Labute approximate surface area is 117 Å². The van der Waals surface area contributed by atoms with Crippen molar-refractivity contribution >= 4 is 0 Å². The molecule has 0 aliphatic carbocycles. The van der Waals surface area contributed by atoms with Crippen molar-refractivity contribution in [1.82, 2.24) is 10.2 Å². The van der Waals surface area contributed by atoms with Crippen molar-refractivity contribution in [3.63, 3.8) is 0 Å². The highest BCUT2D eigenvalue weighted by molar-refractivity contribution is 5.17. The third-order valence-electron chi connectivity index (χ3n) is 3.51. The summed E-state index contributed by atoms with van der Waals surface area (Å²) in [7, 11) is 4.06. The van der Waals surface area contributed by atoms with E-state index in [0.717, 1.165) is 18.7 Å². The first-order chi connectivity index (χ1) is 9.00. The van der Waals surface area contributed by atoms with Crippen molar-refractivity contribution in [2.45, 2.75) is 33.2 Å². The molecule has 0 fully saturated rings.